The molecule has 1 aromatic heterocycles. The van der Waals surface area contributed by atoms with E-state index in [1.807, 2.05) is 85.7 Å². The Bertz CT molecular complexity index is 1750. The molecule has 4 aromatic carbocycles. The van der Waals surface area contributed by atoms with E-state index in [1.165, 1.54) is 62.7 Å². The zero-order chi connectivity index (χ0) is 32.3. The van der Waals surface area contributed by atoms with E-state index in [-0.39, 0.29) is 11.7 Å². The number of benzene rings is 4. The van der Waals surface area contributed by atoms with Gasteiger partial charge in [-0.05, 0) is 66.4 Å². The molecular formula is C38H45N5O2S. The highest BCUT2D eigenvalue weighted by atomic mass is 32.1. The topological polar surface area (TPSA) is 90.2 Å². The summed E-state index contributed by atoms with van der Waals surface area (Å²) in [4.78, 5) is 20.0. The summed E-state index contributed by atoms with van der Waals surface area (Å²) in [6.45, 7) is 2.91. The van der Waals surface area contributed by atoms with Crippen LogP contribution >= 0.6 is 11.3 Å². The van der Waals surface area contributed by atoms with Gasteiger partial charge < -0.3 is 15.3 Å². The second-order valence-electron chi connectivity index (χ2n) is 12.1. The maximum absolute atomic E-state index is 13.1. The quantitative estimate of drug-likeness (QED) is 0.0834. The Kier molecular flexibility index (Phi) is 11.7. The lowest BCUT2D eigenvalue weighted by molar-refractivity contribution is 0.0953. The molecule has 46 heavy (non-hydrogen) atoms. The number of anilines is 1. The molecule has 5 aromatic rings. The first-order chi connectivity index (χ1) is 22.4. The first-order valence-corrected chi connectivity index (χ1v) is 17.4. The molecule has 1 amide bonds. The molecule has 0 atom stereocenters. The van der Waals surface area contributed by atoms with Crippen LogP contribution in [-0.2, 0) is 0 Å². The zero-order valence-electron chi connectivity index (χ0n) is 27.3. The van der Waals surface area contributed by atoms with Crippen LogP contribution in [-0.4, -0.2) is 36.6 Å². The molecular weight excluding hydrogens is 591 g/mol. The van der Waals surface area contributed by atoms with Crippen LogP contribution in [0.25, 0.3) is 31.6 Å². The van der Waals surface area contributed by atoms with Crippen LogP contribution in [0.4, 0.5) is 17.1 Å². The Hall–Kier alpha value is -4.30. The van der Waals surface area contributed by atoms with Crippen molar-refractivity contribution in [3.8, 4) is 16.3 Å². The molecule has 0 fully saturated rings. The third-order valence-electron chi connectivity index (χ3n) is 8.32. The smallest absolute Gasteiger partial charge is 0.251 e. The lowest BCUT2D eigenvalue weighted by Crippen LogP contribution is -2.24. The van der Waals surface area contributed by atoms with Gasteiger partial charge in [-0.1, -0.05) is 82.9 Å². The van der Waals surface area contributed by atoms with Crippen molar-refractivity contribution in [2.24, 2.45) is 10.2 Å². The molecule has 0 bridgehead atoms. The van der Waals surface area contributed by atoms with E-state index in [0.717, 1.165) is 34.1 Å². The number of rotatable bonds is 16. The van der Waals surface area contributed by atoms with E-state index in [9.17, 15) is 9.90 Å². The number of fused-ring (bicyclic) bond motifs is 2. The molecule has 5 rings (SSSR count). The number of aromatic nitrogens is 1. The van der Waals surface area contributed by atoms with Gasteiger partial charge in [-0.15, -0.1) is 16.5 Å². The number of nitrogens with zero attached hydrogens (tertiary/aromatic N) is 4. The highest BCUT2D eigenvalue weighted by Gasteiger charge is 2.19. The van der Waals surface area contributed by atoms with Gasteiger partial charge in [0.2, 0.25) is 0 Å². The van der Waals surface area contributed by atoms with Crippen molar-refractivity contribution in [1.29, 1.82) is 0 Å². The monoisotopic (exact) mass is 635 g/mol. The van der Waals surface area contributed by atoms with Gasteiger partial charge in [-0.25, -0.2) is 4.98 Å². The SMILES string of the molecule is CCCCCCCCCCCCNC(=O)c1ccc2c(N=Nc3ccc(N(C)C)cc3)c(O)c(-c3nc4ccccc4s3)cc2c1. The summed E-state index contributed by atoms with van der Waals surface area (Å²) in [6, 6.07) is 23.0. The van der Waals surface area contributed by atoms with Crippen LogP contribution in [0, 0.1) is 0 Å². The number of phenols is 1. The molecule has 2 N–H and O–H groups in total. The Balaban J connectivity index is 1.33. The average molecular weight is 636 g/mol. The van der Waals surface area contributed by atoms with Crippen molar-refractivity contribution in [2.75, 3.05) is 25.5 Å². The van der Waals surface area contributed by atoms with Gasteiger partial charge in [-0.2, -0.15) is 5.11 Å². The molecule has 0 saturated carbocycles. The second kappa shape index (κ2) is 16.3. The Morgan fingerprint density at radius 2 is 1.54 bits per heavy atom. The third kappa shape index (κ3) is 8.49. The fraction of sp³-hybridized carbons (Fsp3) is 0.368. The van der Waals surface area contributed by atoms with Crippen molar-refractivity contribution in [2.45, 2.75) is 71.1 Å². The predicted octanol–water partition coefficient (Wildman–Crippen LogP) is 11.0. The number of hydrogen-bond donors (Lipinski definition) is 2. The number of aromatic hydroxyl groups is 1. The van der Waals surface area contributed by atoms with Gasteiger partial charge in [0.05, 0.1) is 21.5 Å². The number of thiazole rings is 1. The largest absolute Gasteiger partial charge is 0.505 e. The van der Waals surface area contributed by atoms with Crippen LogP contribution in [0.5, 0.6) is 5.75 Å². The van der Waals surface area contributed by atoms with E-state index in [2.05, 4.69) is 22.5 Å². The fourth-order valence-corrected chi connectivity index (χ4v) is 6.59. The highest BCUT2D eigenvalue weighted by Crippen LogP contribution is 2.45. The Labute approximate surface area is 276 Å². The van der Waals surface area contributed by atoms with E-state index in [4.69, 9.17) is 4.98 Å². The van der Waals surface area contributed by atoms with E-state index in [0.29, 0.717) is 39.4 Å². The molecule has 8 heteroatoms. The Morgan fingerprint density at radius 1 is 0.848 bits per heavy atom. The summed E-state index contributed by atoms with van der Waals surface area (Å²) in [6.07, 6.45) is 12.6. The van der Waals surface area contributed by atoms with Gasteiger partial charge in [0.1, 0.15) is 10.7 Å². The number of carbonyl (C=O) groups excluding carboxylic acids is 1. The number of para-hydroxylation sites is 1. The summed E-state index contributed by atoms with van der Waals surface area (Å²) in [5.74, 6) is -0.0880. The van der Waals surface area contributed by atoms with Crippen LogP contribution < -0.4 is 10.2 Å². The summed E-state index contributed by atoms with van der Waals surface area (Å²) < 4.78 is 1.03. The average Bonchev–Trinajstić information content (AvgIpc) is 3.50. The van der Waals surface area contributed by atoms with E-state index < -0.39 is 0 Å². The molecule has 240 valence electrons. The minimum atomic E-state index is -0.100. The van der Waals surface area contributed by atoms with Gasteiger partial charge in [0, 0.05) is 37.3 Å². The minimum Gasteiger partial charge on any atom is -0.505 e. The second-order valence-corrected chi connectivity index (χ2v) is 13.1. The number of unbranched alkanes of at least 4 members (excludes halogenated alkanes) is 9. The molecule has 0 aliphatic carbocycles. The van der Waals surface area contributed by atoms with Crippen LogP contribution in [0.3, 0.4) is 0 Å². The maximum atomic E-state index is 13.1. The summed E-state index contributed by atoms with van der Waals surface area (Å²) in [5.41, 5.74) is 4.08. The first kappa shape index (κ1) is 33.1. The molecule has 0 unspecified atom stereocenters. The predicted molar refractivity (Wildman–Crippen MR) is 193 cm³/mol. The molecule has 0 radical (unpaired) electrons. The van der Waals surface area contributed by atoms with Crippen LogP contribution in [0.1, 0.15) is 81.5 Å². The summed E-state index contributed by atoms with van der Waals surface area (Å²) >= 11 is 1.51. The van der Waals surface area contributed by atoms with Crippen molar-refractivity contribution >= 4 is 55.3 Å². The van der Waals surface area contributed by atoms with Crippen LogP contribution in [0.15, 0.2) is 83.0 Å². The zero-order valence-corrected chi connectivity index (χ0v) is 28.1. The summed E-state index contributed by atoms with van der Waals surface area (Å²) in [7, 11) is 3.97. The van der Waals surface area contributed by atoms with Crippen molar-refractivity contribution in [1.82, 2.24) is 10.3 Å². The normalized spacial score (nSPS) is 11.5. The molecule has 0 aliphatic rings. The number of nitrogens with one attached hydrogen (secondary N) is 1. The maximum Gasteiger partial charge on any atom is 0.251 e. The summed E-state index contributed by atoms with van der Waals surface area (Å²) in [5, 5.41) is 25.8. The lowest BCUT2D eigenvalue weighted by Gasteiger charge is -2.12. The van der Waals surface area contributed by atoms with Gasteiger partial charge in [0.15, 0.2) is 5.75 Å². The lowest BCUT2D eigenvalue weighted by atomic mass is 10.0. The number of carbonyl (C=O) groups is 1. The van der Waals surface area contributed by atoms with E-state index >= 15 is 0 Å². The number of amides is 1. The molecule has 0 aliphatic heterocycles. The standard InChI is InChI=1S/C38H45N5O2S/c1-4-5-6-7-8-9-10-11-12-15-24-39-37(45)27-18-23-31-28(25-27)26-32(38-40-33-16-13-14-17-34(33)46-38)36(44)35(31)42-41-29-19-21-30(22-20-29)43(2)3/h13-14,16-23,25-26,44H,4-12,15,24H2,1-3H3,(H,39,45). The number of azo groups is 1. The first-order valence-electron chi connectivity index (χ1n) is 16.6. The molecule has 7 nitrogen and oxygen atoms in total. The van der Waals surface area contributed by atoms with Crippen molar-refractivity contribution in [3.05, 3.63) is 78.4 Å². The minimum absolute atomic E-state index is 0.0124. The number of hydrogen-bond acceptors (Lipinski definition) is 7. The van der Waals surface area contributed by atoms with Crippen LogP contribution in [0.2, 0.25) is 0 Å². The molecule has 0 spiro atoms. The molecule has 1 heterocycles. The number of phenolic OH excluding ortho intramolecular Hbond substituents is 1. The van der Waals surface area contributed by atoms with E-state index in [1.54, 1.807) is 6.07 Å². The van der Waals surface area contributed by atoms with Gasteiger partial charge in [-0.3, -0.25) is 4.79 Å². The third-order valence-corrected chi connectivity index (χ3v) is 9.39. The van der Waals surface area contributed by atoms with Gasteiger partial charge >= 0.3 is 0 Å². The molecule has 0 saturated heterocycles. The van der Waals surface area contributed by atoms with Crippen molar-refractivity contribution < 1.29 is 9.90 Å². The highest BCUT2D eigenvalue weighted by molar-refractivity contribution is 7.21. The van der Waals surface area contributed by atoms with Gasteiger partial charge in [0.25, 0.3) is 5.91 Å². The fourth-order valence-electron chi connectivity index (χ4n) is 5.61. The van der Waals surface area contributed by atoms with Crippen molar-refractivity contribution in [3.63, 3.8) is 0 Å². The Morgan fingerprint density at radius 3 is 2.24 bits per heavy atom.